The average Bonchev–Trinajstić information content (AvgIpc) is 2.38. The number of nitro benzene ring substituents is 1. The number of hydrogen-bond donors (Lipinski definition) is 2. The zero-order valence-corrected chi connectivity index (χ0v) is 11.4. The number of nitrogens with zero attached hydrogens (tertiary/aromatic N) is 1. The van der Waals surface area contributed by atoms with Gasteiger partial charge in [-0.05, 0) is 18.6 Å². The number of benzene rings is 1. The lowest BCUT2D eigenvalue weighted by Gasteiger charge is -2.11. The molecule has 1 rings (SSSR count). The number of aliphatic carboxylic acids is 1. The van der Waals surface area contributed by atoms with Crippen LogP contribution in [0.1, 0.15) is 23.7 Å². The van der Waals surface area contributed by atoms with Crippen LogP contribution in [0.3, 0.4) is 0 Å². The standard InChI is InChI=1S/C12H13ClN2O5/c1-2-7(12(17)18)6-14-11(16)8-3-4-9(13)10(5-8)15(19)20/h3-5,7H,2,6H2,1H3,(H,14,16)(H,17,18). The highest BCUT2D eigenvalue weighted by Crippen LogP contribution is 2.24. The molecular weight excluding hydrogens is 288 g/mol. The molecule has 108 valence electrons. The van der Waals surface area contributed by atoms with Crippen LogP contribution in [0.2, 0.25) is 5.02 Å². The van der Waals surface area contributed by atoms with Crippen molar-refractivity contribution in [3.63, 3.8) is 0 Å². The molecule has 1 atom stereocenters. The van der Waals surface area contributed by atoms with Crippen molar-refractivity contribution in [1.29, 1.82) is 0 Å². The average molecular weight is 301 g/mol. The highest BCUT2D eigenvalue weighted by atomic mass is 35.5. The van der Waals surface area contributed by atoms with E-state index in [9.17, 15) is 19.7 Å². The third-order valence-corrected chi connectivity index (χ3v) is 3.08. The van der Waals surface area contributed by atoms with E-state index >= 15 is 0 Å². The lowest BCUT2D eigenvalue weighted by atomic mass is 10.1. The van der Waals surface area contributed by atoms with E-state index in [0.717, 1.165) is 6.07 Å². The molecule has 0 aromatic heterocycles. The van der Waals surface area contributed by atoms with E-state index in [-0.39, 0.29) is 22.8 Å². The zero-order valence-electron chi connectivity index (χ0n) is 10.6. The molecule has 20 heavy (non-hydrogen) atoms. The van der Waals surface area contributed by atoms with Gasteiger partial charge in [0.15, 0.2) is 0 Å². The summed E-state index contributed by atoms with van der Waals surface area (Å²) in [5.74, 6) is -2.28. The van der Waals surface area contributed by atoms with E-state index in [1.165, 1.54) is 12.1 Å². The Morgan fingerprint density at radius 1 is 1.50 bits per heavy atom. The van der Waals surface area contributed by atoms with Crippen molar-refractivity contribution >= 4 is 29.2 Å². The second kappa shape index (κ2) is 6.85. The molecule has 1 aromatic rings. The van der Waals surface area contributed by atoms with Crippen LogP contribution in [-0.2, 0) is 4.79 Å². The Bertz CT molecular complexity index is 547. The van der Waals surface area contributed by atoms with Crippen molar-refractivity contribution in [2.75, 3.05) is 6.54 Å². The van der Waals surface area contributed by atoms with Crippen molar-refractivity contribution in [3.05, 3.63) is 38.9 Å². The molecule has 0 radical (unpaired) electrons. The van der Waals surface area contributed by atoms with Crippen LogP contribution in [0.5, 0.6) is 0 Å². The Kier molecular flexibility index (Phi) is 5.45. The summed E-state index contributed by atoms with van der Waals surface area (Å²) >= 11 is 5.64. The second-order valence-electron chi connectivity index (χ2n) is 4.08. The fourth-order valence-corrected chi connectivity index (χ4v) is 1.70. The number of halogens is 1. The number of carboxylic acids is 1. The quantitative estimate of drug-likeness (QED) is 0.617. The number of carbonyl (C=O) groups excluding carboxylic acids is 1. The largest absolute Gasteiger partial charge is 0.481 e. The lowest BCUT2D eigenvalue weighted by Crippen LogP contribution is -2.32. The van der Waals surface area contributed by atoms with Gasteiger partial charge in [-0.2, -0.15) is 0 Å². The van der Waals surface area contributed by atoms with Gasteiger partial charge < -0.3 is 10.4 Å². The van der Waals surface area contributed by atoms with E-state index in [4.69, 9.17) is 16.7 Å². The molecule has 7 nitrogen and oxygen atoms in total. The first-order valence-corrected chi connectivity index (χ1v) is 6.19. The summed E-state index contributed by atoms with van der Waals surface area (Å²) in [6, 6.07) is 3.65. The van der Waals surface area contributed by atoms with E-state index in [0.29, 0.717) is 6.42 Å². The van der Waals surface area contributed by atoms with Gasteiger partial charge in [-0.1, -0.05) is 18.5 Å². The summed E-state index contributed by atoms with van der Waals surface area (Å²) in [6.45, 7) is 1.65. The van der Waals surface area contributed by atoms with Crippen molar-refractivity contribution in [3.8, 4) is 0 Å². The van der Waals surface area contributed by atoms with Crippen LogP contribution < -0.4 is 5.32 Å². The molecule has 2 N–H and O–H groups in total. The topological polar surface area (TPSA) is 110 Å². The predicted molar refractivity (Wildman–Crippen MR) is 71.9 cm³/mol. The number of nitro groups is 1. The molecule has 0 aliphatic carbocycles. The first kappa shape index (κ1) is 15.9. The Morgan fingerprint density at radius 3 is 2.65 bits per heavy atom. The van der Waals surface area contributed by atoms with Gasteiger partial charge in [0, 0.05) is 18.2 Å². The summed E-state index contributed by atoms with van der Waals surface area (Å²) in [4.78, 5) is 32.6. The number of carboxylic acid groups (broad SMARTS) is 1. The Labute approximate surface area is 119 Å². The number of nitrogens with one attached hydrogen (secondary N) is 1. The SMILES string of the molecule is CCC(CNC(=O)c1ccc(Cl)c([N+](=O)[O-])c1)C(=O)O. The minimum Gasteiger partial charge on any atom is -0.481 e. The van der Waals surface area contributed by atoms with Gasteiger partial charge in [0.1, 0.15) is 5.02 Å². The summed E-state index contributed by atoms with van der Waals surface area (Å²) in [5, 5.41) is 21.9. The van der Waals surface area contributed by atoms with E-state index in [1.807, 2.05) is 0 Å². The maximum absolute atomic E-state index is 11.8. The molecule has 0 aliphatic heterocycles. The minimum absolute atomic E-state index is 0.0406. The molecule has 1 aromatic carbocycles. The highest BCUT2D eigenvalue weighted by Gasteiger charge is 2.19. The van der Waals surface area contributed by atoms with Gasteiger partial charge in [-0.25, -0.2) is 0 Å². The monoisotopic (exact) mass is 300 g/mol. The first-order valence-electron chi connectivity index (χ1n) is 5.81. The van der Waals surface area contributed by atoms with Crippen molar-refractivity contribution in [2.45, 2.75) is 13.3 Å². The van der Waals surface area contributed by atoms with Gasteiger partial charge in [0.2, 0.25) is 0 Å². The number of amides is 1. The van der Waals surface area contributed by atoms with Crippen molar-refractivity contribution < 1.29 is 19.6 Å². The van der Waals surface area contributed by atoms with Crippen LogP contribution in [0.4, 0.5) is 5.69 Å². The number of hydrogen-bond acceptors (Lipinski definition) is 4. The zero-order chi connectivity index (χ0) is 15.3. The maximum Gasteiger partial charge on any atom is 0.308 e. The maximum atomic E-state index is 11.8. The fraction of sp³-hybridized carbons (Fsp3) is 0.333. The Balaban J connectivity index is 2.80. The van der Waals surface area contributed by atoms with Gasteiger partial charge in [0.05, 0.1) is 10.8 Å². The third-order valence-electron chi connectivity index (χ3n) is 2.76. The van der Waals surface area contributed by atoms with Crippen LogP contribution in [0.15, 0.2) is 18.2 Å². The molecule has 0 saturated heterocycles. The van der Waals surface area contributed by atoms with Gasteiger partial charge in [0.25, 0.3) is 11.6 Å². The number of carbonyl (C=O) groups is 2. The minimum atomic E-state index is -1.00. The van der Waals surface area contributed by atoms with E-state index < -0.39 is 22.7 Å². The molecule has 0 saturated carbocycles. The molecule has 1 amide bonds. The number of rotatable bonds is 6. The molecule has 0 aliphatic rings. The lowest BCUT2D eigenvalue weighted by molar-refractivity contribution is -0.384. The molecular formula is C12H13ClN2O5. The predicted octanol–water partition coefficient (Wildman–Crippen LogP) is 2.09. The Morgan fingerprint density at radius 2 is 2.15 bits per heavy atom. The summed E-state index contributed by atoms with van der Waals surface area (Å²) in [6.07, 6.45) is 0.371. The second-order valence-corrected chi connectivity index (χ2v) is 4.48. The van der Waals surface area contributed by atoms with E-state index in [2.05, 4.69) is 5.32 Å². The molecule has 8 heteroatoms. The van der Waals surface area contributed by atoms with Crippen molar-refractivity contribution in [2.24, 2.45) is 5.92 Å². The molecule has 0 heterocycles. The summed E-state index contributed by atoms with van der Waals surface area (Å²) in [5.41, 5.74) is -0.314. The van der Waals surface area contributed by atoms with Gasteiger partial charge in [-0.3, -0.25) is 19.7 Å². The van der Waals surface area contributed by atoms with Crippen LogP contribution in [0, 0.1) is 16.0 Å². The molecule has 0 spiro atoms. The summed E-state index contributed by atoms with van der Waals surface area (Å²) in [7, 11) is 0. The third kappa shape index (κ3) is 3.92. The van der Waals surface area contributed by atoms with Gasteiger partial charge in [-0.15, -0.1) is 0 Å². The molecule has 0 bridgehead atoms. The van der Waals surface area contributed by atoms with E-state index in [1.54, 1.807) is 6.92 Å². The van der Waals surface area contributed by atoms with Crippen LogP contribution in [0.25, 0.3) is 0 Å². The normalized spacial score (nSPS) is 11.7. The molecule has 0 fully saturated rings. The van der Waals surface area contributed by atoms with Crippen molar-refractivity contribution in [1.82, 2.24) is 5.32 Å². The Hall–Kier alpha value is -2.15. The van der Waals surface area contributed by atoms with Crippen LogP contribution >= 0.6 is 11.6 Å². The first-order chi connectivity index (χ1) is 9.36. The fourth-order valence-electron chi connectivity index (χ4n) is 1.52. The highest BCUT2D eigenvalue weighted by molar-refractivity contribution is 6.32. The smallest absolute Gasteiger partial charge is 0.308 e. The van der Waals surface area contributed by atoms with Crippen LogP contribution in [-0.4, -0.2) is 28.5 Å². The van der Waals surface area contributed by atoms with Gasteiger partial charge >= 0.3 is 5.97 Å². The molecule has 1 unspecified atom stereocenters. The summed E-state index contributed by atoms with van der Waals surface area (Å²) < 4.78 is 0.